The van der Waals surface area contributed by atoms with E-state index in [1.54, 1.807) is 17.7 Å². The van der Waals surface area contributed by atoms with E-state index >= 15 is 0 Å². The lowest BCUT2D eigenvalue weighted by atomic mass is 10.0. The number of benzene rings is 2. The minimum atomic E-state index is -0.321. The molecule has 0 unspecified atom stereocenters. The Morgan fingerprint density at radius 2 is 1.96 bits per heavy atom. The van der Waals surface area contributed by atoms with Crippen LogP contribution in [-0.4, -0.2) is 24.2 Å². The van der Waals surface area contributed by atoms with Gasteiger partial charge in [-0.25, -0.2) is 4.39 Å². The van der Waals surface area contributed by atoms with Gasteiger partial charge in [0.2, 0.25) is 0 Å². The van der Waals surface area contributed by atoms with E-state index in [0.717, 1.165) is 10.3 Å². The average molecular weight is 386 g/mol. The van der Waals surface area contributed by atoms with E-state index in [1.165, 1.54) is 23.0 Å². The molecule has 2 aromatic carbocycles. The molecule has 0 atom stereocenters. The first kappa shape index (κ1) is 19.5. The number of thiazole rings is 1. The summed E-state index contributed by atoms with van der Waals surface area (Å²) in [6, 6.07) is 12.9. The Kier molecular flexibility index (Phi) is 6.19. The fourth-order valence-electron chi connectivity index (χ4n) is 2.90. The van der Waals surface area contributed by atoms with E-state index < -0.39 is 0 Å². The number of halogens is 1. The first-order valence-electron chi connectivity index (χ1n) is 8.92. The van der Waals surface area contributed by atoms with Crippen LogP contribution in [0, 0.1) is 5.82 Å². The first-order valence-corrected chi connectivity index (χ1v) is 9.74. The predicted molar refractivity (Wildman–Crippen MR) is 106 cm³/mol. The van der Waals surface area contributed by atoms with Crippen LogP contribution in [0.4, 0.5) is 4.39 Å². The van der Waals surface area contributed by atoms with Gasteiger partial charge in [0, 0.05) is 13.7 Å². The highest BCUT2D eigenvalue weighted by molar-refractivity contribution is 7.16. The minimum Gasteiger partial charge on any atom is -0.383 e. The van der Waals surface area contributed by atoms with Crippen molar-refractivity contribution in [2.75, 3.05) is 13.7 Å². The normalized spacial score (nSPS) is 12.3. The molecule has 4 nitrogen and oxygen atoms in total. The Hall–Kier alpha value is -2.31. The molecular weight excluding hydrogens is 363 g/mol. The monoisotopic (exact) mass is 386 g/mol. The average Bonchev–Trinajstić information content (AvgIpc) is 2.98. The van der Waals surface area contributed by atoms with Crippen molar-refractivity contribution in [3.8, 4) is 0 Å². The molecule has 6 heteroatoms. The van der Waals surface area contributed by atoms with Crippen LogP contribution < -0.4 is 4.80 Å². The molecular formula is C21H23FN2O2S. The van der Waals surface area contributed by atoms with Gasteiger partial charge in [-0.3, -0.25) is 4.79 Å². The third-order valence-corrected chi connectivity index (χ3v) is 5.44. The van der Waals surface area contributed by atoms with Crippen LogP contribution in [0.5, 0.6) is 0 Å². The van der Waals surface area contributed by atoms with Crippen LogP contribution >= 0.6 is 11.3 Å². The number of aromatic nitrogens is 1. The first-order chi connectivity index (χ1) is 13.0. The summed E-state index contributed by atoms with van der Waals surface area (Å²) in [7, 11) is 1.59. The number of rotatable bonds is 6. The molecule has 0 radical (unpaired) electrons. The van der Waals surface area contributed by atoms with Crippen LogP contribution in [0.3, 0.4) is 0 Å². The molecule has 0 aliphatic heterocycles. The largest absolute Gasteiger partial charge is 0.383 e. The molecule has 27 heavy (non-hydrogen) atoms. The van der Waals surface area contributed by atoms with E-state index in [1.807, 2.05) is 30.3 Å². The highest BCUT2D eigenvalue weighted by Crippen LogP contribution is 2.20. The highest BCUT2D eigenvalue weighted by atomic mass is 32.1. The third-order valence-electron chi connectivity index (χ3n) is 4.39. The minimum absolute atomic E-state index is 0.222. The van der Waals surface area contributed by atoms with Crippen molar-refractivity contribution in [1.29, 1.82) is 0 Å². The number of carbonyl (C=O) groups excluding carboxylic acids is 1. The summed E-state index contributed by atoms with van der Waals surface area (Å²) in [5.74, 6) is -0.115. The zero-order valence-corrected chi connectivity index (χ0v) is 16.6. The van der Waals surface area contributed by atoms with Crippen LogP contribution in [0.25, 0.3) is 10.2 Å². The summed E-state index contributed by atoms with van der Waals surface area (Å²) in [4.78, 5) is 17.2. The number of hydrogen-bond acceptors (Lipinski definition) is 3. The van der Waals surface area contributed by atoms with Crippen molar-refractivity contribution in [2.45, 2.75) is 32.7 Å². The summed E-state index contributed by atoms with van der Waals surface area (Å²) in [6.07, 6.45) is 0.222. The van der Waals surface area contributed by atoms with Crippen molar-refractivity contribution in [3.63, 3.8) is 0 Å². The van der Waals surface area contributed by atoms with Crippen molar-refractivity contribution in [1.82, 2.24) is 4.57 Å². The number of fused-ring (bicyclic) bond motifs is 1. The molecule has 1 amide bonds. The zero-order valence-electron chi connectivity index (χ0n) is 15.7. The predicted octanol–water partition coefficient (Wildman–Crippen LogP) is 4.28. The van der Waals surface area contributed by atoms with Gasteiger partial charge in [0.15, 0.2) is 4.80 Å². The summed E-state index contributed by atoms with van der Waals surface area (Å²) >= 11 is 1.31. The second-order valence-electron chi connectivity index (χ2n) is 6.69. The molecule has 0 saturated heterocycles. The SMILES string of the molecule is COCCn1c(=NC(=O)Cc2ccc(C(C)C)cc2)sc2cccc(F)c21. The summed E-state index contributed by atoms with van der Waals surface area (Å²) in [5.41, 5.74) is 2.62. The maximum atomic E-state index is 14.3. The summed E-state index contributed by atoms with van der Waals surface area (Å²) in [5, 5.41) is 0. The van der Waals surface area contributed by atoms with Crippen LogP contribution in [-0.2, 0) is 22.5 Å². The van der Waals surface area contributed by atoms with Gasteiger partial charge in [-0.1, -0.05) is 55.5 Å². The van der Waals surface area contributed by atoms with Crippen molar-refractivity contribution in [3.05, 3.63) is 64.2 Å². The maximum Gasteiger partial charge on any atom is 0.252 e. The second kappa shape index (κ2) is 8.59. The molecule has 1 heterocycles. The molecule has 0 spiro atoms. The Labute approximate surface area is 161 Å². The molecule has 0 bridgehead atoms. The number of methoxy groups -OCH3 is 1. The number of para-hydroxylation sites is 1. The number of hydrogen-bond donors (Lipinski definition) is 0. The van der Waals surface area contributed by atoms with Gasteiger partial charge < -0.3 is 9.30 Å². The van der Waals surface area contributed by atoms with Gasteiger partial charge in [0.05, 0.1) is 23.2 Å². The fourth-order valence-corrected chi connectivity index (χ4v) is 3.99. The van der Waals surface area contributed by atoms with Gasteiger partial charge in [-0.15, -0.1) is 0 Å². The van der Waals surface area contributed by atoms with Crippen molar-refractivity contribution in [2.24, 2.45) is 4.99 Å². The van der Waals surface area contributed by atoms with Crippen LogP contribution in [0.2, 0.25) is 0 Å². The summed E-state index contributed by atoms with van der Waals surface area (Å²) in [6.45, 7) is 5.12. The maximum absolute atomic E-state index is 14.3. The lowest BCUT2D eigenvalue weighted by Gasteiger charge is -2.06. The third kappa shape index (κ3) is 4.51. The summed E-state index contributed by atoms with van der Waals surface area (Å²) < 4.78 is 21.9. The van der Waals surface area contributed by atoms with Gasteiger partial charge in [-0.05, 0) is 29.2 Å². The Bertz CT molecular complexity index is 1000. The van der Waals surface area contributed by atoms with Crippen LogP contribution in [0.15, 0.2) is 47.5 Å². The van der Waals surface area contributed by atoms with E-state index in [2.05, 4.69) is 18.8 Å². The topological polar surface area (TPSA) is 43.6 Å². The molecule has 1 aromatic heterocycles. The second-order valence-corrected chi connectivity index (χ2v) is 7.70. The molecule has 0 fully saturated rings. The zero-order chi connectivity index (χ0) is 19.4. The van der Waals surface area contributed by atoms with Gasteiger partial charge >= 0.3 is 0 Å². The standard InChI is InChI=1S/C21H23FN2O2S/c1-14(2)16-9-7-15(8-10-16)13-19(25)23-21-24(11-12-26-3)20-17(22)5-4-6-18(20)27-21/h4-10,14H,11-13H2,1-3H3. The fraction of sp³-hybridized carbons (Fsp3) is 0.333. The highest BCUT2D eigenvalue weighted by Gasteiger charge is 2.12. The number of nitrogens with zero attached hydrogens (tertiary/aromatic N) is 2. The van der Waals surface area contributed by atoms with E-state index in [-0.39, 0.29) is 18.1 Å². The number of amides is 1. The van der Waals surface area contributed by atoms with Gasteiger partial charge in [-0.2, -0.15) is 4.99 Å². The molecule has 0 saturated carbocycles. The number of ether oxygens (including phenoxy) is 1. The molecule has 3 rings (SSSR count). The lowest BCUT2D eigenvalue weighted by Crippen LogP contribution is -2.20. The van der Waals surface area contributed by atoms with Crippen molar-refractivity contribution < 1.29 is 13.9 Å². The molecule has 0 aliphatic rings. The Balaban J connectivity index is 1.92. The Morgan fingerprint density at radius 3 is 2.63 bits per heavy atom. The Morgan fingerprint density at radius 1 is 1.22 bits per heavy atom. The molecule has 142 valence electrons. The van der Waals surface area contributed by atoms with Crippen LogP contribution in [0.1, 0.15) is 30.9 Å². The van der Waals surface area contributed by atoms with Crippen molar-refractivity contribution >= 4 is 27.5 Å². The quantitative estimate of drug-likeness (QED) is 0.635. The molecule has 0 aliphatic carbocycles. The molecule has 0 N–H and O–H groups in total. The number of carbonyl (C=O) groups is 1. The van der Waals surface area contributed by atoms with E-state index in [0.29, 0.717) is 29.4 Å². The smallest absolute Gasteiger partial charge is 0.252 e. The molecule has 3 aromatic rings. The van der Waals surface area contributed by atoms with Gasteiger partial charge in [0.25, 0.3) is 5.91 Å². The van der Waals surface area contributed by atoms with Gasteiger partial charge in [0.1, 0.15) is 5.82 Å². The lowest BCUT2D eigenvalue weighted by molar-refractivity contribution is -0.117. The van der Waals surface area contributed by atoms with E-state index in [4.69, 9.17) is 4.74 Å². The van der Waals surface area contributed by atoms with E-state index in [9.17, 15) is 9.18 Å².